The second-order valence-corrected chi connectivity index (χ2v) is 9.97. The molecule has 1 fully saturated rings. The zero-order chi connectivity index (χ0) is 20.4. The molecule has 1 amide bonds. The smallest absolute Gasteiger partial charge is 0.338 e. The van der Waals surface area contributed by atoms with E-state index < -0.39 is 33.2 Å². The maximum Gasteiger partial charge on any atom is 0.447 e. The van der Waals surface area contributed by atoms with E-state index >= 15 is 0 Å². The summed E-state index contributed by atoms with van der Waals surface area (Å²) >= 11 is 0.689. The summed E-state index contributed by atoms with van der Waals surface area (Å²) in [4.78, 5) is 17.8. The van der Waals surface area contributed by atoms with Crippen molar-refractivity contribution in [1.82, 2.24) is 14.6 Å². The van der Waals surface area contributed by atoms with Crippen LogP contribution in [0.3, 0.4) is 0 Å². The minimum absolute atomic E-state index is 0.109. The number of nitrogens with zero attached hydrogens (tertiary/aromatic N) is 2. The van der Waals surface area contributed by atoms with Gasteiger partial charge in [-0.15, -0.1) is 11.3 Å². The molecule has 0 atom stereocenters. The van der Waals surface area contributed by atoms with Crippen LogP contribution in [0.4, 0.5) is 13.2 Å². The Morgan fingerprint density at radius 1 is 1.25 bits per heavy atom. The SMILES string of the molecule is O=C(c1cccnc1SC(F)(F)F)N1CCC(NS(=O)(=O)c2cccs2)CC1. The molecule has 1 aliphatic heterocycles. The van der Waals surface area contributed by atoms with Gasteiger partial charge in [0.1, 0.15) is 9.24 Å². The van der Waals surface area contributed by atoms with E-state index in [0.29, 0.717) is 12.8 Å². The first kappa shape index (κ1) is 21.1. The second kappa shape index (κ2) is 8.39. The molecule has 0 saturated carbocycles. The number of sulfonamides is 1. The van der Waals surface area contributed by atoms with Crippen LogP contribution in [0.1, 0.15) is 23.2 Å². The van der Waals surface area contributed by atoms with E-state index in [-0.39, 0.29) is 33.9 Å². The Kier molecular flexibility index (Phi) is 6.32. The largest absolute Gasteiger partial charge is 0.447 e. The minimum atomic E-state index is -4.55. The van der Waals surface area contributed by atoms with Gasteiger partial charge >= 0.3 is 5.51 Å². The summed E-state index contributed by atoms with van der Waals surface area (Å²) < 4.78 is 65.4. The predicted octanol–water partition coefficient (Wildman–Crippen LogP) is 3.34. The number of aromatic nitrogens is 1. The molecule has 1 saturated heterocycles. The number of thiophene rings is 1. The molecule has 28 heavy (non-hydrogen) atoms. The fraction of sp³-hybridized carbons (Fsp3) is 0.375. The quantitative estimate of drug-likeness (QED) is 0.706. The topological polar surface area (TPSA) is 79.4 Å². The first-order valence-electron chi connectivity index (χ1n) is 8.21. The lowest BCUT2D eigenvalue weighted by molar-refractivity contribution is -0.0329. The number of thioether (sulfide) groups is 1. The van der Waals surface area contributed by atoms with Crippen molar-refractivity contribution in [3.8, 4) is 0 Å². The number of halogens is 3. The Labute approximate surface area is 168 Å². The third-order valence-electron chi connectivity index (χ3n) is 4.08. The van der Waals surface area contributed by atoms with Gasteiger partial charge in [0.15, 0.2) is 0 Å². The number of piperidine rings is 1. The van der Waals surface area contributed by atoms with Crippen LogP contribution in [0.15, 0.2) is 45.1 Å². The maximum atomic E-state index is 12.7. The van der Waals surface area contributed by atoms with Gasteiger partial charge in [0.05, 0.1) is 5.56 Å². The van der Waals surface area contributed by atoms with Crippen molar-refractivity contribution in [1.29, 1.82) is 0 Å². The van der Waals surface area contributed by atoms with Crippen LogP contribution < -0.4 is 4.72 Å². The monoisotopic (exact) mass is 451 g/mol. The zero-order valence-electron chi connectivity index (χ0n) is 14.3. The van der Waals surface area contributed by atoms with Gasteiger partial charge in [0.25, 0.3) is 5.91 Å². The average Bonchev–Trinajstić information content (AvgIpc) is 3.16. The van der Waals surface area contributed by atoms with Gasteiger partial charge in [0, 0.05) is 37.1 Å². The Hall–Kier alpha value is -1.63. The van der Waals surface area contributed by atoms with Crippen LogP contribution in [-0.2, 0) is 10.0 Å². The lowest BCUT2D eigenvalue weighted by atomic mass is 10.1. The highest BCUT2D eigenvalue weighted by atomic mass is 32.2. The van der Waals surface area contributed by atoms with Crippen LogP contribution in [0.25, 0.3) is 0 Å². The van der Waals surface area contributed by atoms with Crippen molar-refractivity contribution < 1.29 is 26.4 Å². The highest BCUT2D eigenvalue weighted by molar-refractivity contribution is 8.00. The van der Waals surface area contributed by atoms with E-state index in [4.69, 9.17) is 0 Å². The number of rotatable bonds is 5. The van der Waals surface area contributed by atoms with Gasteiger partial charge in [-0.25, -0.2) is 18.1 Å². The van der Waals surface area contributed by atoms with Crippen LogP contribution in [0.5, 0.6) is 0 Å². The molecule has 0 radical (unpaired) electrons. The Balaban J connectivity index is 1.63. The Morgan fingerprint density at radius 2 is 1.96 bits per heavy atom. The lowest BCUT2D eigenvalue weighted by Gasteiger charge is -2.32. The summed E-state index contributed by atoms with van der Waals surface area (Å²) in [6.07, 6.45) is 1.95. The predicted molar refractivity (Wildman–Crippen MR) is 99.7 cm³/mol. The van der Waals surface area contributed by atoms with Gasteiger partial charge in [-0.3, -0.25) is 4.79 Å². The van der Waals surface area contributed by atoms with E-state index in [2.05, 4.69) is 9.71 Å². The van der Waals surface area contributed by atoms with E-state index in [1.54, 1.807) is 11.4 Å². The number of pyridine rings is 1. The van der Waals surface area contributed by atoms with E-state index in [9.17, 15) is 26.4 Å². The fourth-order valence-electron chi connectivity index (χ4n) is 2.81. The Bertz CT molecular complexity index is 925. The van der Waals surface area contributed by atoms with Crippen LogP contribution >= 0.6 is 23.1 Å². The molecule has 2 aromatic rings. The van der Waals surface area contributed by atoms with Crippen molar-refractivity contribution in [2.24, 2.45) is 0 Å². The van der Waals surface area contributed by atoms with Gasteiger partial charge in [-0.1, -0.05) is 6.07 Å². The molecule has 0 bridgehead atoms. The molecule has 1 N–H and O–H groups in total. The summed E-state index contributed by atoms with van der Waals surface area (Å²) in [5.74, 6) is -0.542. The molecule has 12 heteroatoms. The summed E-state index contributed by atoms with van der Waals surface area (Å²) in [6, 6.07) is 5.54. The summed E-state index contributed by atoms with van der Waals surface area (Å²) in [5.41, 5.74) is -4.65. The number of alkyl halides is 3. The average molecular weight is 452 g/mol. The third kappa shape index (κ3) is 5.25. The van der Waals surface area contributed by atoms with Crippen molar-refractivity contribution in [2.45, 2.75) is 33.6 Å². The first-order chi connectivity index (χ1) is 13.2. The summed E-state index contributed by atoms with van der Waals surface area (Å²) in [5, 5.41) is 1.28. The van der Waals surface area contributed by atoms with Crippen LogP contribution in [0.2, 0.25) is 0 Å². The molecular weight excluding hydrogens is 435 g/mol. The van der Waals surface area contributed by atoms with Gasteiger partial charge in [0.2, 0.25) is 10.0 Å². The standard InChI is InChI=1S/C16H16F3N3O3S3/c17-16(18,19)27-14-12(3-1-7-20-14)15(23)22-8-5-11(6-9-22)21-28(24,25)13-4-2-10-26-13/h1-4,7,10-11,21H,5-6,8-9H2. The normalized spacial score (nSPS) is 16.3. The molecule has 0 aliphatic carbocycles. The van der Waals surface area contributed by atoms with Crippen molar-refractivity contribution in [3.63, 3.8) is 0 Å². The van der Waals surface area contributed by atoms with E-state index in [1.165, 1.54) is 29.3 Å². The van der Waals surface area contributed by atoms with Crippen molar-refractivity contribution in [3.05, 3.63) is 41.4 Å². The van der Waals surface area contributed by atoms with Gasteiger partial charge in [-0.05, 0) is 36.4 Å². The molecule has 152 valence electrons. The van der Waals surface area contributed by atoms with Crippen LogP contribution in [0, 0.1) is 0 Å². The maximum absolute atomic E-state index is 12.7. The number of hydrogen-bond donors (Lipinski definition) is 1. The number of carbonyl (C=O) groups is 1. The number of hydrogen-bond acceptors (Lipinski definition) is 6. The molecular formula is C16H16F3N3O3S3. The van der Waals surface area contributed by atoms with Gasteiger partial charge < -0.3 is 4.90 Å². The molecule has 0 aromatic carbocycles. The summed E-state index contributed by atoms with van der Waals surface area (Å²) in [7, 11) is -3.61. The molecule has 2 aromatic heterocycles. The molecule has 0 spiro atoms. The molecule has 3 rings (SSSR count). The minimum Gasteiger partial charge on any atom is -0.338 e. The second-order valence-electron chi connectivity index (χ2n) is 6.02. The van der Waals surface area contributed by atoms with Crippen molar-refractivity contribution in [2.75, 3.05) is 13.1 Å². The summed E-state index contributed by atoms with van der Waals surface area (Å²) in [6.45, 7) is 0.475. The third-order valence-corrected chi connectivity index (χ3v) is 7.75. The number of nitrogens with one attached hydrogen (secondary N) is 1. The van der Waals surface area contributed by atoms with E-state index in [1.807, 2.05) is 0 Å². The molecule has 3 heterocycles. The number of carbonyl (C=O) groups excluding carboxylic acids is 1. The number of amides is 1. The lowest BCUT2D eigenvalue weighted by Crippen LogP contribution is -2.46. The fourth-order valence-corrected chi connectivity index (χ4v) is 5.72. The molecule has 0 unspecified atom stereocenters. The molecule has 6 nitrogen and oxygen atoms in total. The van der Waals surface area contributed by atoms with Crippen molar-refractivity contribution >= 4 is 39.0 Å². The first-order valence-corrected chi connectivity index (χ1v) is 11.4. The zero-order valence-corrected chi connectivity index (χ0v) is 16.8. The highest BCUT2D eigenvalue weighted by Gasteiger charge is 2.34. The van der Waals surface area contributed by atoms with E-state index in [0.717, 1.165) is 11.3 Å². The van der Waals surface area contributed by atoms with Crippen LogP contribution in [-0.4, -0.2) is 48.8 Å². The molecule has 1 aliphatic rings. The van der Waals surface area contributed by atoms with Gasteiger partial charge in [-0.2, -0.15) is 13.2 Å². The number of likely N-dealkylation sites (tertiary alicyclic amines) is 1. The Morgan fingerprint density at radius 3 is 2.57 bits per heavy atom. The highest BCUT2D eigenvalue weighted by Crippen LogP contribution is 2.37.